The number of nitrogens with two attached hydrogens (primary N) is 1. The van der Waals surface area contributed by atoms with E-state index in [2.05, 4.69) is 9.88 Å². The van der Waals surface area contributed by atoms with E-state index in [0.717, 1.165) is 35.3 Å². The van der Waals surface area contributed by atoms with Crippen LogP contribution in [-0.2, 0) is 0 Å². The maximum absolute atomic E-state index is 5.87. The van der Waals surface area contributed by atoms with Gasteiger partial charge in [0.25, 0.3) is 6.01 Å². The third-order valence-electron chi connectivity index (χ3n) is 3.79. The number of oxazole rings is 1. The predicted molar refractivity (Wildman–Crippen MR) is 71.5 cm³/mol. The molecule has 2 aliphatic rings. The molecule has 2 saturated carbocycles. The summed E-state index contributed by atoms with van der Waals surface area (Å²) < 4.78 is 5.87. The molecule has 2 N–H and O–H groups in total. The van der Waals surface area contributed by atoms with Crippen molar-refractivity contribution in [2.75, 3.05) is 17.2 Å². The summed E-state index contributed by atoms with van der Waals surface area (Å²) >= 11 is 0. The molecule has 1 aromatic carbocycles. The molecule has 0 atom stereocenters. The van der Waals surface area contributed by atoms with Crippen molar-refractivity contribution in [2.24, 2.45) is 5.92 Å². The van der Waals surface area contributed by atoms with Crippen molar-refractivity contribution in [1.82, 2.24) is 4.98 Å². The second-order valence-corrected chi connectivity index (χ2v) is 5.55. The topological polar surface area (TPSA) is 55.3 Å². The van der Waals surface area contributed by atoms with Crippen LogP contribution in [0.15, 0.2) is 22.6 Å². The van der Waals surface area contributed by atoms with Gasteiger partial charge in [-0.05, 0) is 49.8 Å². The first-order valence-corrected chi connectivity index (χ1v) is 6.72. The molecule has 0 radical (unpaired) electrons. The van der Waals surface area contributed by atoms with Gasteiger partial charge in [0.05, 0.1) is 0 Å². The van der Waals surface area contributed by atoms with Crippen molar-refractivity contribution in [3.05, 3.63) is 18.2 Å². The lowest BCUT2D eigenvalue weighted by Crippen LogP contribution is -2.28. The summed E-state index contributed by atoms with van der Waals surface area (Å²) in [7, 11) is 0. The summed E-state index contributed by atoms with van der Waals surface area (Å²) in [6, 6.07) is 7.08. The van der Waals surface area contributed by atoms with Crippen LogP contribution in [-0.4, -0.2) is 17.6 Å². The van der Waals surface area contributed by atoms with E-state index in [-0.39, 0.29) is 0 Å². The molecule has 0 saturated heterocycles. The van der Waals surface area contributed by atoms with Gasteiger partial charge >= 0.3 is 0 Å². The van der Waals surface area contributed by atoms with E-state index < -0.39 is 0 Å². The number of aromatic nitrogens is 1. The molecule has 0 bridgehead atoms. The fourth-order valence-electron chi connectivity index (χ4n) is 2.40. The highest BCUT2D eigenvalue weighted by Gasteiger charge is 2.36. The van der Waals surface area contributed by atoms with Crippen LogP contribution in [0.1, 0.15) is 25.7 Å². The maximum Gasteiger partial charge on any atom is 0.298 e. The average Bonchev–Trinajstić information content (AvgIpc) is 3.23. The number of nitrogens with zero attached hydrogens (tertiary/aromatic N) is 2. The molecule has 0 unspecified atom stereocenters. The second kappa shape index (κ2) is 3.64. The van der Waals surface area contributed by atoms with Gasteiger partial charge in [-0.2, -0.15) is 4.98 Å². The summed E-state index contributed by atoms with van der Waals surface area (Å²) in [5, 5.41) is 0. The van der Waals surface area contributed by atoms with Crippen LogP contribution < -0.4 is 10.6 Å². The minimum Gasteiger partial charge on any atom is -0.423 e. The van der Waals surface area contributed by atoms with Crippen molar-refractivity contribution >= 4 is 22.8 Å². The highest BCUT2D eigenvalue weighted by atomic mass is 16.4. The predicted octanol–water partition coefficient (Wildman–Crippen LogP) is 2.79. The number of hydrogen-bond donors (Lipinski definition) is 1. The van der Waals surface area contributed by atoms with E-state index in [9.17, 15) is 0 Å². The molecule has 1 aromatic heterocycles. The molecule has 0 spiro atoms. The van der Waals surface area contributed by atoms with Crippen molar-refractivity contribution in [3.63, 3.8) is 0 Å². The van der Waals surface area contributed by atoms with Crippen LogP contribution in [0.4, 0.5) is 11.7 Å². The van der Waals surface area contributed by atoms with E-state index >= 15 is 0 Å². The van der Waals surface area contributed by atoms with E-state index in [0.29, 0.717) is 6.04 Å². The van der Waals surface area contributed by atoms with Crippen LogP contribution in [0.5, 0.6) is 0 Å². The summed E-state index contributed by atoms with van der Waals surface area (Å²) in [4.78, 5) is 6.95. The Morgan fingerprint density at radius 1 is 1.28 bits per heavy atom. The van der Waals surface area contributed by atoms with Crippen molar-refractivity contribution < 1.29 is 4.42 Å². The van der Waals surface area contributed by atoms with Crippen LogP contribution in [0.25, 0.3) is 11.1 Å². The molecule has 1 heterocycles. The number of rotatable bonds is 4. The smallest absolute Gasteiger partial charge is 0.298 e. The zero-order valence-electron chi connectivity index (χ0n) is 10.3. The van der Waals surface area contributed by atoms with Gasteiger partial charge in [0.1, 0.15) is 5.52 Å². The highest BCUT2D eigenvalue weighted by Crippen LogP contribution is 2.38. The Labute approximate surface area is 106 Å². The third-order valence-corrected chi connectivity index (χ3v) is 3.79. The number of hydrogen-bond acceptors (Lipinski definition) is 4. The molecule has 4 rings (SSSR count). The van der Waals surface area contributed by atoms with Crippen LogP contribution >= 0.6 is 0 Å². The average molecular weight is 243 g/mol. The molecule has 94 valence electrons. The first kappa shape index (κ1) is 10.2. The summed E-state index contributed by atoms with van der Waals surface area (Å²) in [6.45, 7) is 1.10. The molecule has 4 heteroatoms. The summed E-state index contributed by atoms with van der Waals surface area (Å²) in [6.07, 6.45) is 5.26. The van der Waals surface area contributed by atoms with E-state index in [1.54, 1.807) is 0 Å². The van der Waals surface area contributed by atoms with Crippen LogP contribution in [0.2, 0.25) is 0 Å². The Bertz CT molecular complexity index is 584. The second-order valence-electron chi connectivity index (χ2n) is 5.55. The molecule has 2 aliphatic carbocycles. The van der Waals surface area contributed by atoms with Gasteiger partial charge < -0.3 is 15.1 Å². The minimum absolute atomic E-state index is 0.649. The van der Waals surface area contributed by atoms with Crippen LogP contribution in [0, 0.1) is 5.92 Å². The standard InChI is InChI=1S/C14H17N3O/c15-10-3-6-13-12(7-10)16-14(18-13)17(11-4-5-11)8-9-1-2-9/h3,6-7,9,11H,1-2,4-5,8,15H2. The largest absolute Gasteiger partial charge is 0.423 e. The summed E-state index contributed by atoms with van der Waals surface area (Å²) in [5.74, 6) is 0.852. The van der Waals surface area contributed by atoms with Gasteiger partial charge in [0, 0.05) is 18.3 Å². The SMILES string of the molecule is Nc1ccc2oc(N(CC3CC3)C3CC3)nc2c1. The van der Waals surface area contributed by atoms with Crippen LogP contribution in [0.3, 0.4) is 0 Å². The quantitative estimate of drug-likeness (QED) is 0.839. The molecule has 0 amide bonds. The minimum atomic E-state index is 0.649. The fourth-order valence-corrected chi connectivity index (χ4v) is 2.40. The Hall–Kier alpha value is -1.71. The monoisotopic (exact) mass is 243 g/mol. The number of benzene rings is 1. The first-order valence-electron chi connectivity index (χ1n) is 6.72. The summed E-state index contributed by atoms with van der Waals surface area (Å²) in [5.41, 5.74) is 8.22. The molecule has 18 heavy (non-hydrogen) atoms. The normalized spacial score (nSPS) is 19.3. The van der Waals surface area contributed by atoms with E-state index in [4.69, 9.17) is 10.2 Å². The lowest BCUT2D eigenvalue weighted by atomic mass is 10.3. The van der Waals surface area contributed by atoms with Gasteiger partial charge in [-0.1, -0.05) is 0 Å². The Balaban J connectivity index is 1.70. The van der Waals surface area contributed by atoms with Gasteiger partial charge in [-0.3, -0.25) is 0 Å². The lowest BCUT2D eigenvalue weighted by molar-refractivity contribution is 0.553. The molecule has 0 aliphatic heterocycles. The first-order chi connectivity index (χ1) is 8.79. The maximum atomic E-state index is 5.87. The molecular weight excluding hydrogens is 226 g/mol. The van der Waals surface area contributed by atoms with E-state index in [1.807, 2.05) is 18.2 Å². The zero-order chi connectivity index (χ0) is 12.1. The Kier molecular flexibility index (Phi) is 2.07. The van der Waals surface area contributed by atoms with Crippen molar-refractivity contribution in [1.29, 1.82) is 0 Å². The number of fused-ring (bicyclic) bond motifs is 1. The molecular formula is C14H17N3O. The molecule has 4 nitrogen and oxygen atoms in total. The highest BCUT2D eigenvalue weighted by molar-refractivity contribution is 5.78. The van der Waals surface area contributed by atoms with Crippen molar-refractivity contribution in [2.45, 2.75) is 31.7 Å². The lowest BCUT2D eigenvalue weighted by Gasteiger charge is -2.19. The van der Waals surface area contributed by atoms with Gasteiger partial charge in [0.2, 0.25) is 0 Å². The van der Waals surface area contributed by atoms with Gasteiger partial charge in [-0.15, -0.1) is 0 Å². The zero-order valence-corrected chi connectivity index (χ0v) is 10.3. The Morgan fingerprint density at radius 2 is 2.11 bits per heavy atom. The molecule has 2 aromatic rings. The van der Waals surface area contributed by atoms with Gasteiger partial charge in [-0.25, -0.2) is 0 Å². The van der Waals surface area contributed by atoms with E-state index in [1.165, 1.54) is 25.7 Å². The number of nitrogen functional groups attached to an aromatic ring is 1. The third kappa shape index (κ3) is 1.82. The molecule has 2 fully saturated rings. The number of anilines is 2. The van der Waals surface area contributed by atoms with Crippen molar-refractivity contribution in [3.8, 4) is 0 Å². The fraction of sp³-hybridized carbons (Fsp3) is 0.500. The Morgan fingerprint density at radius 3 is 2.83 bits per heavy atom. The van der Waals surface area contributed by atoms with Gasteiger partial charge in [0.15, 0.2) is 5.58 Å².